The summed E-state index contributed by atoms with van der Waals surface area (Å²) < 4.78 is 0. The number of fused-ring (bicyclic) bond motifs is 1. The highest BCUT2D eigenvalue weighted by Crippen LogP contribution is 2.50. The second kappa shape index (κ2) is 8.99. The molecule has 0 saturated heterocycles. The van der Waals surface area contributed by atoms with Crippen molar-refractivity contribution in [2.24, 2.45) is 0 Å². The van der Waals surface area contributed by atoms with Crippen LogP contribution >= 0.6 is 11.8 Å². The number of para-hydroxylation sites is 1. The molecule has 1 N–H and O–H groups in total. The van der Waals surface area contributed by atoms with E-state index in [9.17, 15) is 5.11 Å². The number of hydrogen-bond acceptors (Lipinski definition) is 3. The third-order valence-corrected chi connectivity index (χ3v) is 7.04. The van der Waals surface area contributed by atoms with Crippen LogP contribution in [0.1, 0.15) is 21.9 Å². The number of thioether (sulfide) groups is 1. The van der Waals surface area contributed by atoms with Crippen LogP contribution in [0.2, 0.25) is 0 Å². The Balaban J connectivity index is 1.68. The van der Waals surface area contributed by atoms with E-state index in [1.165, 1.54) is 0 Å². The third-order valence-electron chi connectivity index (χ3n) is 5.72. The van der Waals surface area contributed by atoms with Crippen molar-refractivity contribution in [1.82, 2.24) is 4.98 Å². The largest absolute Gasteiger partial charge is 0.379 e. The van der Waals surface area contributed by atoms with Crippen molar-refractivity contribution in [3.8, 4) is 0 Å². The Morgan fingerprint density at radius 2 is 1.12 bits per heavy atom. The van der Waals surface area contributed by atoms with Crippen molar-refractivity contribution in [3.05, 3.63) is 144 Å². The minimum atomic E-state index is -1.25. The minimum absolute atomic E-state index is 0.304. The molecule has 0 aliphatic carbocycles. The zero-order chi connectivity index (χ0) is 21.8. The van der Waals surface area contributed by atoms with E-state index in [0.717, 1.165) is 32.6 Å². The van der Waals surface area contributed by atoms with Crippen LogP contribution < -0.4 is 0 Å². The standard InChI is InChI=1S/C29H23NOS/c31-29(24-15-6-2-7-16-24,25-17-8-3-9-18-25)28(23-13-4-1-5-14-23)32-27-21-20-22-12-10-11-19-26(22)30-27/h1-21,28,31H. The number of rotatable bonds is 6. The van der Waals surface area contributed by atoms with E-state index in [1.54, 1.807) is 11.8 Å². The molecular weight excluding hydrogens is 410 g/mol. The lowest BCUT2D eigenvalue weighted by Crippen LogP contribution is -2.33. The average molecular weight is 434 g/mol. The first-order valence-corrected chi connectivity index (χ1v) is 11.5. The summed E-state index contributed by atoms with van der Waals surface area (Å²) in [7, 11) is 0. The normalized spacial score (nSPS) is 12.5. The lowest BCUT2D eigenvalue weighted by atomic mass is 9.81. The van der Waals surface area contributed by atoms with Crippen molar-refractivity contribution in [1.29, 1.82) is 0 Å². The van der Waals surface area contributed by atoms with E-state index in [-0.39, 0.29) is 5.25 Å². The van der Waals surface area contributed by atoms with Gasteiger partial charge in [-0.15, -0.1) is 0 Å². The quantitative estimate of drug-likeness (QED) is 0.293. The van der Waals surface area contributed by atoms with E-state index >= 15 is 0 Å². The summed E-state index contributed by atoms with van der Waals surface area (Å²) in [5, 5.41) is 14.2. The van der Waals surface area contributed by atoms with Gasteiger partial charge in [-0.3, -0.25) is 0 Å². The molecule has 0 saturated carbocycles. The van der Waals surface area contributed by atoms with Gasteiger partial charge in [0.25, 0.3) is 0 Å². The number of pyridine rings is 1. The highest BCUT2D eigenvalue weighted by Gasteiger charge is 2.42. The fourth-order valence-electron chi connectivity index (χ4n) is 4.11. The van der Waals surface area contributed by atoms with Gasteiger partial charge in [0.1, 0.15) is 5.60 Å². The Kier molecular flexibility index (Phi) is 5.76. The van der Waals surface area contributed by atoms with E-state index in [1.807, 2.05) is 103 Å². The van der Waals surface area contributed by atoms with Gasteiger partial charge >= 0.3 is 0 Å². The molecular formula is C29H23NOS. The van der Waals surface area contributed by atoms with Gasteiger partial charge in [-0.2, -0.15) is 0 Å². The van der Waals surface area contributed by atoms with Gasteiger partial charge in [-0.05, 0) is 28.8 Å². The predicted octanol–water partition coefficient (Wildman–Crippen LogP) is 7.00. The molecule has 1 atom stereocenters. The molecule has 4 aromatic carbocycles. The predicted molar refractivity (Wildman–Crippen MR) is 133 cm³/mol. The maximum Gasteiger partial charge on any atom is 0.131 e. The number of aromatic nitrogens is 1. The SMILES string of the molecule is OC(c1ccccc1)(c1ccccc1)C(Sc1ccc2ccccc2n1)c1ccccc1. The van der Waals surface area contributed by atoms with E-state index < -0.39 is 5.60 Å². The lowest BCUT2D eigenvalue weighted by molar-refractivity contribution is 0.0777. The number of benzene rings is 4. The van der Waals surface area contributed by atoms with Gasteiger partial charge in [0, 0.05) is 5.39 Å². The second-order valence-electron chi connectivity index (χ2n) is 7.75. The first kappa shape index (κ1) is 20.5. The highest BCUT2D eigenvalue weighted by atomic mass is 32.2. The second-order valence-corrected chi connectivity index (χ2v) is 8.87. The summed E-state index contributed by atoms with van der Waals surface area (Å²) in [6.07, 6.45) is 0. The van der Waals surface area contributed by atoms with Crippen LogP contribution in [0.4, 0.5) is 0 Å². The van der Waals surface area contributed by atoms with E-state index in [2.05, 4.69) is 24.3 Å². The monoisotopic (exact) mass is 433 g/mol. The molecule has 156 valence electrons. The molecule has 0 bridgehead atoms. The fraction of sp³-hybridized carbons (Fsp3) is 0.0690. The van der Waals surface area contributed by atoms with Crippen LogP contribution in [0.3, 0.4) is 0 Å². The van der Waals surface area contributed by atoms with Crippen LogP contribution in [0.15, 0.2) is 132 Å². The van der Waals surface area contributed by atoms with Crippen LogP contribution in [-0.2, 0) is 5.60 Å². The van der Waals surface area contributed by atoms with Gasteiger partial charge in [-0.25, -0.2) is 4.98 Å². The first-order valence-electron chi connectivity index (χ1n) is 10.7. The Morgan fingerprint density at radius 1 is 0.594 bits per heavy atom. The summed E-state index contributed by atoms with van der Waals surface area (Å²) in [5.74, 6) is 0. The summed E-state index contributed by atoms with van der Waals surface area (Å²) in [6.45, 7) is 0. The summed E-state index contributed by atoms with van der Waals surface area (Å²) in [6, 6.07) is 42.3. The van der Waals surface area contributed by atoms with Gasteiger partial charge < -0.3 is 5.11 Å². The fourth-order valence-corrected chi connectivity index (χ4v) is 5.39. The van der Waals surface area contributed by atoms with Crippen LogP contribution in [0.25, 0.3) is 10.9 Å². The van der Waals surface area contributed by atoms with Crippen LogP contribution in [0, 0.1) is 0 Å². The minimum Gasteiger partial charge on any atom is -0.379 e. The van der Waals surface area contributed by atoms with Gasteiger partial charge in [-0.1, -0.05) is 127 Å². The molecule has 1 unspecified atom stereocenters. The summed E-state index contributed by atoms with van der Waals surface area (Å²) in [5.41, 5.74) is 2.46. The maximum absolute atomic E-state index is 12.5. The Bertz CT molecular complexity index is 1270. The molecule has 0 radical (unpaired) electrons. The number of hydrogen-bond donors (Lipinski definition) is 1. The topological polar surface area (TPSA) is 33.1 Å². The van der Waals surface area contributed by atoms with Crippen molar-refractivity contribution in [3.63, 3.8) is 0 Å². The molecule has 0 aliphatic rings. The average Bonchev–Trinajstić information content (AvgIpc) is 2.88. The van der Waals surface area contributed by atoms with Gasteiger partial charge in [0.2, 0.25) is 0 Å². The molecule has 1 aromatic heterocycles. The molecule has 1 heterocycles. The lowest BCUT2D eigenvalue weighted by Gasteiger charge is -2.37. The number of nitrogens with zero attached hydrogens (tertiary/aromatic N) is 1. The van der Waals surface area contributed by atoms with Gasteiger partial charge in [0.05, 0.1) is 15.8 Å². The third kappa shape index (κ3) is 3.93. The first-order chi connectivity index (χ1) is 15.7. The number of aliphatic hydroxyl groups is 1. The maximum atomic E-state index is 12.5. The molecule has 2 nitrogen and oxygen atoms in total. The van der Waals surface area contributed by atoms with Crippen molar-refractivity contribution >= 4 is 22.7 Å². The molecule has 0 fully saturated rings. The molecule has 0 amide bonds. The van der Waals surface area contributed by atoms with Crippen LogP contribution in [0.5, 0.6) is 0 Å². The van der Waals surface area contributed by atoms with Crippen molar-refractivity contribution < 1.29 is 5.11 Å². The summed E-state index contributed by atoms with van der Waals surface area (Å²) in [4.78, 5) is 4.89. The highest BCUT2D eigenvalue weighted by molar-refractivity contribution is 7.99. The zero-order valence-corrected chi connectivity index (χ0v) is 18.3. The zero-order valence-electron chi connectivity index (χ0n) is 17.5. The molecule has 0 spiro atoms. The Hall–Kier alpha value is -3.40. The molecule has 3 heteroatoms. The smallest absolute Gasteiger partial charge is 0.131 e. The molecule has 5 rings (SSSR count). The van der Waals surface area contributed by atoms with Crippen molar-refractivity contribution in [2.45, 2.75) is 15.9 Å². The van der Waals surface area contributed by atoms with Gasteiger partial charge in [0.15, 0.2) is 0 Å². The molecule has 5 aromatic rings. The Morgan fingerprint density at radius 3 is 1.75 bits per heavy atom. The van der Waals surface area contributed by atoms with Crippen molar-refractivity contribution in [2.75, 3.05) is 0 Å². The molecule has 0 aliphatic heterocycles. The van der Waals surface area contributed by atoms with E-state index in [0.29, 0.717) is 0 Å². The van der Waals surface area contributed by atoms with Crippen LogP contribution in [-0.4, -0.2) is 10.1 Å². The Labute approximate surface area is 192 Å². The molecule has 32 heavy (non-hydrogen) atoms. The summed E-state index contributed by atoms with van der Waals surface area (Å²) >= 11 is 1.59. The van der Waals surface area contributed by atoms with E-state index in [4.69, 9.17) is 4.98 Å².